The maximum atomic E-state index is 11.6. The van der Waals surface area contributed by atoms with Gasteiger partial charge < -0.3 is 18.9 Å². The van der Waals surface area contributed by atoms with Gasteiger partial charge in [0.25, 0.3) is 0 Å². The molecule has 0 N–H and O–H groups in total. The van der Waals surface area contributed by atoms with E-state index in [1.807, 2.05) is 0 Å². The zero-order valence-electron chi connectivity index (χ0n) is 13.6. The van der Waals surface area contributed by atoms with Gasteiger partial charge in [0.05, 0.1) is 40.8 Å². The molecule has 6 heteroatoms. The van der Waals surface area contributed by atoms with Crippen molar-refractivity contribution in [1.29, 1.82) is 0 Å². The summed E-state index contributed by atoms with van der Waals surface area (Å²) in [7, 11) is 5.74. The van der Waals surface area contributed by atoms with Crippen LogP contribution in [0.4, 0.5) is 0 Å². The average molecular weight is 310 g/mol. The highest BCUT2D eigenvalue weighted by molar-refractivity contribution is 5.74. The molecule has 1 rings (SSSR count). The standard InChI is InChI=1S/C16H22O6/c1-10(16(18)22-5)6-11-7-13(19-2)14(20-3)8-12(11)9-15(17)21-4/h7-8,10H,6,9H2,1-5H3. The Morgan fingerprint density at radius 1 is 0.955 bits per heavy atom. The van der Waals surface area contributed by atoms with Crippen LogP contribution in [0.25, 0.3) is 0 Å². The third-order valence-electron chi connectivity index (χ3n) is 3.40. The summed E-state index contributed by atoms with van der Waals surface area (Å²) in [6.45, 7) is 1.77. The van der Waals surface area contributed by atoms with E-state index in [4.69, 9.17) is 18.9 Å². The van der Waals surface area contributed by atoms with Crippen LogP contribution in [0, 0.1) is 5.92 Å². The van der Waals surface area contributed by atoms with Gasteiger partial charge in [-0.15, -0.1) is 0 Å². The van der Waals surface area contributed by atoms with Crippen LogP contribution in [0.3, 0.4) is 0 Å². The molecule has 22 heavy (non-hydrogen) atoms. The predicted octanol–water partition coefficient (Wildman–Crippen LogP) is 1.77. The first kappa shape index (κ1) is 17.8. The summed E-state index contributed by atoms with van der Waals surface area (Å²) >= 11 is 0. The van der Waals surface area contributed by atoms with Gasteiger partial charge in [0.2, 0.25) is 0 Å². The highest BCUT2D eigenvalue weighted by Crippen LogP contribution is 2.32. The topological polar surface area (TPSA) is 71.1 Å². The first-order valence-corrected chi connectivity index (χ1v) is 6.85. The average Bonchev–Trinajstić information content (AvgIpc) is 2.54. The van der Waals surface area contributed by atoms with E-state index in [9.17, 15) is 9.59 Å². The van der Waals surface area contributed by atoms with Crippen molar-refractivity contribution >= 4 is 11.9 Å². The van der Waals surface area contributed by atoms with Crippen molar-refractivity contribution in [2.24, 2.45) is 5.92 Å². The van der Waals surface area contributed by atoms with Crippen molar-refractivity contribution in [3.8, 4) is 11.5 Å². The van der Waals surface area contributed by atoms with E-state index < -0.39 is 0 Å². The molecular weight excluding hydrogens is 288 g/mol. The number of carbonyl (C=O) groups is 2. The van der Waals surface area contributed by atoms with Crippen LogP contribution in [0.15, 0.2) is 12.1 Å². The minimum atomic E-state index is -0.362. The molecule has 0 spiro atoms. The van der Waals surface area contributed by atoms with Gasteiger partial charge >= 0.3 is 11.9 Å². The minimum absolute atomic E-state index is 0.0973. The minimum Gasteiger partial charge on any atom is -0.493 e. The third kappa shape index (κ3) is 4.38. The largest absolute Gasteiger partial charge is 0.493 e. The smallest absolute Gasteiger partial charge is 0.309 e. The number of methoxy groups -OCH3 is 4. The molecule has 1 atom stereocenters. The zero-order valence-corrected chi connectivity index (χ0v) is 13.6. The fourth-order valence-electron chi connectivity index (χ4n) is 2.16. The highest BCUT2D eigenvalue weighted by atomic mass is 16.5. The number of hydrogen-bond donors (Lipinski definition) is 0. The molecule has 0 bridgehead atoms. The van der Waals surface area contributed by atoms with Gasteiger partial charge in [-0.05, 0) is 29.7 Å². The van der Waals surface area contributed by atoms with Crippen LogP contribution in [0.1, 0.15) is 18.1 Å². The number of ether oxygens (including phenoxy) is 4. The SMILES string of the molecule is COC(=O)Cc1cc(OC)c(OC)cc1CC(C)C(=O)OC. The molecule has 0 heterocycles. The van der Waals surface area contributed by atoms with Crippen molar-refractivity contribution in [2.45, 2.75) is 19.8 Å². The summed E-state index contributed by atoms with van der Waals surface area (Å²) in [5.41, 5.74) is 1.56. The number of carbonyl (C=O) groups excluding carboxylic acids is 2. The van der Waals surface area contributed by atoms with Gasteiger partial charge in [-0.25, -0.2) is 0 Å². The molecule has 0 aromatic heterocycles. The van der Waals surface area contributed by atoms with E-state index >= 15 is 0 Å². The summed E-state index contributed by atoms with van der Waals surface area (Å²) in [6, 6.07) is 3.51. The lowest BCUT2D eigenvalue weighted by Gasteiger charge is -2.16. The van der Waals surface area contributed by atoms with Crippen molar-refractivity contribution in [1.82, 2.24) is 0 Å². The maximum Gasteiger partial charge on any atom is 0.309 e. The highest BCUT2D eigenvalue weighted by Gasteiger charge is 2.19. The summed E-state index contributed by atoms with van der Waals surface area (Å²) in [5, 5.41) is 0. The zero-order chi connectivity index (χ0) is 16.7. The molecule has 6 nitrogen and oxygen atoms in total. The van der Waals surface area contributed by atoms with E-state index in [2.05, 4.69) is 0 Å². The Morgan fingerprint density at radius 3 is 1.95 bits per heavy atom. The van der Waals surface area contributed by atoms with Crippen LogP contribution < -0.4 is 9.47 Å². The summed E-state index contributed by atoms with van der Waals surface area (Å²) in [6.07, 6.45) is 0.527. The summed E-state index contributed by atoms with van der Waals surface area (Å²) in [4.78, 5) is 23.2. The van der Waals surface area contributed by atoms with Gasteiger partial charge in [-0.3, -0.25) is 9.59 Å². The Hall–Kier alpha value is -2.24. The van der Waals surface area contributed by atoms with E-state index in [0.29, 0.717) is 17.9 Å². The lowest BCUT2D eigenvalue weighted by molar-refractivity contribution is -0.144. The van der Waals surface area contributed by atoms with E-state index in [0.717, 1.165) is 11.1 Å². The lowest BCUT2D eigenvalue weighted by Crippen LogP contribution is -2.17. The first-order valence-electron chi connectivity index (χ1n) is 6.85. The molecule has 0 saturated carbocycles. The first-order chi connectivity index (χ1) is 10.5. The van der Waals surface area contributed by atoms with E-state index in [-0.39, 0.29) is 24.3 Å². The molecule has 0 aliphatic carbocycles. The van der Waals surface area contributed by atoms with Gasteiger partial charge in [0.1, 0.15) is 0 Å². The summed E-state index contributed by atoms with van der Waals surface area (Å²) in [5.74, 6) is 0.0662. The van der Waals surface area contributed by atoms with Gasteiger partial charge in [-0.2, -0.15) is 0 Å². The Kier molecular flexibility index (Phi) is 6.69. The molecule has 0 radical (unpaired) electrons. The number of esters is 2. The van der Waals surface area contributed by atoms with Gasteiger partial charge in [0.15, 0.2) is 11.5 Å². The molecule has 0 amide bonds. The molecule has 1 aromatic rings. The Morgan fingerprint density at radius 2 is 1.50 bits per heavy atom. The molecule has 0 saturated heterocycles. The van der Waals surface area contributed by atoms with Crippen molar-refractivity contribution < 1.29 is 28.5 Å². The number of benzene rings is 1. The second kappa shape index (κ2) is 8.26. The van der Waals surface area contributed by atoms with Crippen LogP contribution in [0.2, 0.25) is 0 Å². The Labute approximate surface area is 130 Å². The van der Waals surface area contributed by atoms with E-state index in [1.54, 1.807) is 19.1 Å². The Bertz CT molecular complexity index is 538. The Balaban J connectivity index is 3.19. The molecule has 122 valence electrons. The molecule has 0 aliphatic heterocycles. The van der Waals surface area contributed by atoms with Crippen molar-refractivity contribution in [3.05, 3.63) is 23.3 Å². The molecule has 1 unspecified atom stereocenters. The quantitative estimate of drug-likeness (QED) is 0.715. The third-order valence-corrected chi connectivity index (χ3v) is 3.40. The molecular formula is C16H22O6. The van der Waals surface area contributed by atoms with Crippen LogP contribution in [-0.4, -0.2) is 40.4 Å². The number of hydrogen-bond acceptors (Lipinski definition) is 6. The van der Waals surface area contributed by atoms with Crippen molar-refractivity contribution in [3.63, 3.8) is 0 Å². The molecule has 1 aromatic carbocycles. The fraction of sp³-hybridized carbons (Fsp3) is 0.500. The molecule has 0 aliphatic rings. The maximum absolute atomic E-state index is 11.6. The summed E-state index contributed by atoms with van der Waals surface area (Å²) < 4.78 is 20.0. The van der Waals surface area contributed by atoms with E-state index in [1.165, 1.54) is 28.4 Å². The monoisotopic (exact) mass is 310 g/mol. The number of rotatable bonds is 7. The fourth-order valence-corrected chi connectivity index (χ4v) is 2.16. The van der Waals surface area contributed by atoms with Crippen molar-refractivity contribution in [2.75, 3.05) is 28.4 Å². The van der Waals surface area contributed by atoms with Gasteiger partial charge in [-0.1, -0.05) is 6.92 Å². The normalized spacial score (nSPS) is 11.5. The predicted molar refractivity (Wildman–Crippen MR) is 80.2 cm³/mol. The van der Waals surface area contributed by atoms with Crippen LogP contribution in [-0.2, 0) is 31.9 Å². The van der Waals surface area contributed by atoms with Gasteiger partial charge in [0, 0.05) is 0 Å². The van der Waals surface area contributed by atoms with Crippen LogP contribution in [0.5, 0.6) is 11.5 Å². The lowest BCUT2D eigenvalue weighted by atomic mass is 9.94. The van der Waals surface area contributed by atoms with Crippen LogP contribution >= 0.6 is 0 Å². The second-order valence-electron chi connectivity index (χ2n) is 4.86. The molecule has 0 fully saturated rings. The second-order valence-corrected chi connectivity index (χ2v) is 4.86.